The number of H-pyrrole nitrogens is 1. The molecule has 0 spiro atoms. The van der Waals surface area contributed by atoms with Crippen LogP contribution in [-0.2, 0) is 33.3 Å². The Balaban J connectivity index is 2.04. The molecule has 0 saturated carbocycles. The molecular formula is C19H25N5O7S. The minimum Gasteiger partial charge on any atom is -0.463 e. The van der Waals surface area contributed by atoms with Gasteiger partial charge in [-0.2, -0.15) is 0 Å². The Bertz CT molecular complexity index is 1070. The molecule has 12 nitrogen and oxygen atoms in total. The standard InChI is InChI=1S/C19H25N5O7S/c1-4-10(25)28-7-9-14(30-11(26)5-2)15(31-12(27)6-3)18(29-9)24-8-21-13-16(24)22-19(20)23-17(13)32/h8-9,14-15,18H,4-7H2,1-3H3,(H3,20,22,23,32)/t9-,14-,15-,18+/m0/s1. The average Bonchev–Trinajstić information content (AvgIpc) is 3.33. The van der Waals surface area contributed by atoms with Gasteiger partial charge in [-0.15, -0.1) is 0 Å². The fourth-order valence-corrected chi connectivity index (χ4v) is 3.47. The van der Waals surface area contributed by atoms with E-state index in [1.165, 1.54) is 10.9 Å². The molecule has 174 valence electrons. The summed E-state index contributed by atoms with van der Waals surface area (Å²) in [5.74, 6) is -1.43. The second kappa shape index (κ2) is 10.0. The van der Waals surface area contributed by atoms with E-state index in [4.69, 9.17) is 36.9 Å². The quantitative estimate of drug-likeness (QED) is 0.329. The lowest BCUT2D eigenvalue weighted by molar-refractivity contribution is -0.169. The van der Waals surface area contributed by atoms with Crippen molar-refractivity contribution in [3.8, 4) is 0 Å². The Morgan fingerprint density at radius 2 is 1.75 bits per heavy atom. The molecule has 4 atom stereocenters. The summed E-state index contributed by atoms with van der Waals surface area (Å²) in [5, 5.41) is 0. The molecule has 0 aliphatic carbocycles. The zero-order valence-corrected chi connectivity index (χ0v) is 18.7. The summed E-state index contributed by atoms with van der Waals surface area (Å²) in [4.78, 5) is 47.1. The third-order valence-corrected chi connectivity index (χ3v) is 5.12. The molecule has 0 amide bonds. The predicted molar refractivity (Wildman–Crippen MR) is 113 cm³/mol. The number of aromatic amines is 1. The largest absolute Gasteiger partial charge is 0.463 e. The van der Waals surface area contributed by atoms with E-state index >= 15 is 0 Å². The number of carbonyl (C=O) groups is 3. The highest BCUT2D eigenvalue weighted by Gasteiger charge is 2.51. The molecule has 1 fully saturated rings. The molecule has 13 heteroatoms. The third-order valence-electron chi connectivity index (χ3n) is 4.83. The molecule has 3 rings (SSSR count). The van der Waals surface area contributed by atoms with Crippen LogP contribution in [0.15, 0.2) is 6.33 Å². The highest BCUT2D eigenvalue weighted by Crippen LogP contribution is 2.36. The summed E-state index contributed by atoms with van der Waals surface area (Å²) in [6.07, 6.45) is -2.14. The first-order valence-corrected chi connectivity index (χ1v) is 10.6. The number of anilines is 1. The number of hydrogen-bond acceptors (Lipinski definition) is 11. The van der Waals surface area contributed by atoms with E-state index in [0.29, 0.717) is 11.2 Å². The topological polar surface area (TPSA) is 161 Å². The molecule has 1 saturated heterocycles. The second-order valence-corrected chi connectivity index (χ2v) is 7.38. The molecule has 0 unspecified atom stereocenters. The molecule has 0 aromatic carbocycles. The van der Waals surface area contributed by atoms with Gasteiger partial charge in [-0.05, 0) is 0 Å². The Kier molecular flexibility index (Phi) is 7.40. The molecule has 2 aromatic heterocycles. The van der Waals surface area contributed by atoms with Crippen molar-refractivity contribution in [3.63, 3.8) is 0 Å². The number of ether oxygens (including phenoxy) is 4. The van der Waals surface area contributed by atoms with E-state index in [1.807, 2.05) is 0 Å². The maximum Gasteiger partial charge on any atom is 0.306 e. The second-order valence-electron chi connectivity index (χ2n) is 6.99. The summed E-state index contributed by atoms with van der Waals surface area (Å²) in [6, 6.07) is 0. The Hall–Kier alpha value is -3.06. The van der Waals surface area contributed by atoms with Crippen molar-refractivity contribution in [1.29, 1.82) is 0 Å². The van der Waals surface area contributed by atoms with E-state index in [2.05, 4.69) is 15.0 Å². The number of esters is 3. The van der Waals surface area contributed by atoms with Crippen molar-refractivity contribution in [2.75, 3.05) is 12.3 Å². The number of rotatable bonds is 8. The van der Waals surface area contributed by atoms with Gasteiger partial charge in [0.05, 0.1) is 6.33 Å². The Morgan fingerprint density at radius 3 is 2.38 bits per heavy atom. The third kappa shape index (κ3) is 4.88. The van der Waals surface area contributed by atoms with Crippen LogP contribution in [0.3, 0.4) is 0 Å². The van der Waals surface area contributed by atoms with Crippen LogP contribution in [0.1, 0.15) is 46.3 Å². The monoisotopic (exact) mass is 467 g/mol. The Morgan fingerprint density at radius 1 is 1.12 bits per heavy atom. The zero-order valence-electron chi connectivity index (χ0n) is 17.9. The first kappa shape index (κ1) is 23.6. The lowest BCUT2D eigenvalue weighted by Gasteiger charge is -2.24. The fourth-order valence-electron chi connectivity index (χ4n) is 3.23. The average molecular weight is 468 g/mol. The summed E-state index contributed by atoms with van der Waals surface area (Å²) >= 11 is 5.21. The van der Waals surface area contributed by atoms with Crippen molar-refractivity contribution >= 4 is 47.2 Å². The zero-order chi connectivity index (χ0) is 23.4. The molecular weight excluding hydrogens is 442 g/mol. The van der Waals surface area contributed by atoms with Gasteiger partial charge >= 0.3 is 17.9 Å². The summed E-state index contributed by atoms with van der Waals surface area (Å²) < 4.78 is 24.2. The molecule has 32 heavy (non-hydrogen) atoms. The summed E-state index contributed by atoms with van der Waals surface area (Å²) in [6.45, 7) is 4.72. The van der Waals surface area contributed by atoms with Crippen LogP contribution < -0.4 is 5.73 Å². The lowest BCUT2D eigenvalue weighted by atomic mass is 10.1. The highest BCUT2D eigenvalue weighted by atomic mass is 32.1. The number of hydrogen-bond donors (Lipinski definition) is 2. The van der Waals surface area contributed by atoms with Crippen LogP contribution in [-0.4, -0.2) is 62.3 Å². The SMILES string of the molecule is CCC(=O)OC[C@@H]1O[C@@H](n2cnc3c(=S)nc(N)[nH]c32)[C@@H](OC(=O)CC)[C@H]1OC(=O)CC. The minimum absolute atomic E-state index is 0.0618. The maximum atomic E-state index is 12.2. The van der Waals surface area contributed by atoms with Gasteiger partial charge in [-0.25, -0.2) is 9.97 Å². The highest BCUT2D eigenvalue weighted by molar-refractivity contribution is 7.71. The van der Waals surface area contributed by atoms with Crippen molar-refractivity contribution in [1.82, 2.24) is 19.5 Å². The number of carbonyl (C=O) groups excluding carboxylic acids is 3. The van der Waals surface area contributed by atoms with E-state index in [9.17, 15) is 14.4 Å². The van der Waals surface area contributed by atoms with Gasteiger partial charge in [0, 0.05) is 19.3 Å². The van der Waals surface area contributed by atoms with Gasteiger partial charge < -0.3 is 29.7 Å². The molecule has 1 aliphatic heterocycles. The number of nitrogens with one attached hydrogen (secondary N) is 1. The number of fused-ring (bicyclic) bond motifs is 1. The van der Waals surface area contributed by atoms with Crippen LogP contribution in [0.2, 0.25) is 0 Å². The number of nitrogens with zero attached hydrogens (tertiary/aromatic N) is 3. The lowest BCUT2D eigenvalue weighted by Crippen LogP contribution is -2.41. The van der Waals surface area contributed by atoms with Crippen molar-refractivity contribution < 1.29 is 33.3 Å². The van der Waals surface area contributed by atoms with Crippen molar-refractivity contribution in [2.45, 2.75) is 64.6 Å². The summed E-state index contributed by atoms with van der Waals surface area (Å²) in [5.41, 5.74) is 6.54. The molecule has 3 heterocycles. The molecule has 3 N–H and O–H groups in total. The number of imidazole rings is 1. The summed E-state index contributed by atoms with van der Waals surface area (Å²) in [7, 11) is 0. The number of nitrogen functional groups attached to an aromatic ring is 1. The van der Waals surface area contributed by atoms with Gasteiger partial charge in [0.1, 0.15) is 23.9 Å². The minimum atomic E-state index is -1.04. The smallest absolute Gasteiger partial charge is 0.306 e. The van der Waals surface area contributed by atoms with Gasteiger partial charge in [0.25, 0.3) is 0 Å². The first-order valence-electron chi connectivity index (χ1n) is 10.2. The predicted octanol–water partition coefficient (Wildman–Crippen LogP) is 1.57. The van der Waals surface area contributed by atoms with Crippen LogP contribution in [0, 0.1) is 4.64 Å². The normalized spacial score (nSPS) is 22.6. The molecule has 0 radical (unpaired) electrons. The van der Waals surface area contributed by atoms with Crippen LogP contribution >= 0.6 is 12.2 Å². The van der Waals surface area contributed by atoms with Gasteiger partial charge in [-0.3, -0.25) is 19.0 Å². The van der Waals surface area contributed by atoms with Crippen LogP contribution in [0.25, 0.3) is 11.2 Å². The van der Waals surface area contributed by atoms with Crippen LogP contribution in [0.4, 0.5) is 5.95 Å². The molecule has 0 bridgehead atoms. The van der Waals surface area contributed by atoms with Gasteiger partial charge in [0.2, 0.25) is 0 Å². The van der Waals surface area contributed by atoms with E-state index < -0.39 is 42.4 Å². The van der Waals surface area contributed by atoms with E-state index in [1.54, 1.807) is 20.8 Å². The fraction of sp³-hybridized carbons (Fsp3) is 0.579. The number of nitrogens with two attached hydrogens (primary N) is 1. The van der Waals surface area contributed by atoms with E-state index in [-0.39, 0.29) is 36.5 Å². The van der Waals surface area contributed by atoms with Crippen LogP contribution in [0.5, 0.6) is 0 Å². The first-order chi connectivity index (χ1) is 15.3. The van der Waals surface area contributed by atoms with Gasteiger partial charge in [0.15, 0.2) is 29.0 Å². The van der Waals surface area contributed by atoms with E-state index in [0.717, 1.165) is 0 Å². The van der Waals surface area contributed by atoms with Gasteiger partial charge in [-0.1, -0.05) is 33.0 Å². The van der Waals surface area contributed by atoms with Crippen molar-refractivity contribution in [2.24, 2.45) is 0 Å². The Labute approximate surface area is 188 Å². The number of aromatic nitrogens is 4. The van der Waals surface area contributed by atoms with Crippen molar-refractivity contribution in [3.05, 3.63) is 11.0 Å². The molecule has 2 aromatic rings. The molecule has 1 aliphatic rings. The maximum absolute atomic E-state index is 12.2.